The van der Waals surface area contributed by atoms with Gasteiger partial charge in [0, 0.05) is 5.02 Å². The second kappa shape index (κ2) is 6.09. The van der Waals surface area contributed by atoms with Crippen LogP contribution in [0.5, 0.6) is 5.75 Å². The monoisotopic (exact) mass is 286 g/mol. The molecule has 0 bridgehead atoms. The zero-order chi connectivity index (χ0) is 14.5. The van der Waals surface area contributed by atoms with Gasteiger partial charge in [0.05, 0.1) is 11.6 Å². The van der Waals surface area contributed by atoms with Gasteiger partial charge < -0.3 is 10.4 Å². The van der Waals surface area contributed by atoms with Crippen molar-refractivity contribution in [2.75, 3.05) is 0 Å². The van der Waals surface area contributed by atoms with Gasteiger partial charge in [-0.05, 0) is 23.8 Å². The minimum atomic E-state index is -0.790. The zero-order valence-corrected chi connectivity index (χ0v) is 11.1. The molecule has 0 aliphatic carbocycles. The number of nitrogens with one attached hydrogen (secondary N) is 1. The maximum Gasteiger partial charge on any atom is 0.256 e. The molecule has 2 aromatic rings. The van der Waals surface area contributed by atoms with E-state index in [4.69, 9.17) is 16.9 Å². The lowest BCUT2D eigenvalue weighted by molar-refractivity contribution is 0.0942. The first-order valence-corrected chi connectivity index (χ1v) is 6.23. The van der Waals surface area contributed by atoms with Gasteiger partial charge in [-0.1, -0.05) is 41.9 Å². The normalized spacial score (nSPS) is 11.4. The summed E-state index contributed by atoms with van der Waals surface area (Å²) in [5.41, 5.74) is 0.707. The van der Waals surface area contributed by atoms with E-state index in [9.17, 15) is 9.90 Å². The van der Waals surface area contributed by atoms with E-state index in [1.807, 2.05) is 12.1 Å². The number of amides is 1. The van der Waals surface area contributed by atoms with Gasteiger partial charge in [0.15, 0.2) is 0 Å². The van der Waals surface area contributed by atoms with Crippen LogP contribution in [0.3, 0.4) is 0 Å². The molecule has 0 fully saturated rings. The zero-order valence-electron chi connectivity index (χ0n) is 10.4. The van der Waals surface area contributed by atoms with E-state index in [1.165, 1.54) is 18.2 Å². The molecule has 1 unspecified atom stereocenters. The Morgan fingerprint density at radius 1 is 1.25 bits per heavy atom. The number of carbonyl (C=O) groups is 1. The highest BCUT2D eigenvalue weighted by molar-refractivity contribution is 6.31. The summed E-state index contributed by atoms with van der Waals surface area (Å²) < 4.78 is 0. The minimum Gasteiger partial charge on any atom is -0.507 e. The Morgan fingerprint density at radius 3 is 2.60 bits per heavy atom. The lowest BCUT2D eigenvalue weighted by Gasteiger charge is -2.12. The van der Waals surface area contributed by atoms with Gasteiger partial charge in [-0.2, -0.15) is 5.26 Å². The van der Waals surface area contributed by atoms with Gasteiger partial charge in [0.25, 0.3) is 5.91 Å². The first kappa shape index (κ1) is 13.9. The van der Waals surface area contributed by atoms with Crippen molar-refractivity contribution in [3.63, 3.8) is 0 Å². The summed E-state index contributed by atoms with van der Waals surface area (Å²) in [7, 11) is 0. The second-order valence-electron chi connectivity index (χ2n) is 4.11. The van der Waals surface area contributed by atoms with Gasteiger partial charge in [-0.15, -0.1) is 0 Å². The number of hydrogen-bond acceptors (Lipinski definition) is 3. The van der Waals surface area contributed by atoms with Crippen LogP contribution in [0.4, 0.5) is 0 Å². The molecule has 0 radical (unpaired) electrons. The Kier molecular flexibility index (Phi) is 4.24. The fraction of sp³-hybridized carbons (Fsp3) is 0.0667. The standard InChI is InChI=1S/C15H11ClN2O2/c16-11-6-7-14(19)12(8-11)15(20)18-13(9-17)10-4-2-1-3-5-10/h1-8,13,19H,(H,18,20). The van der Waals surface area contributed by atoms with Crippen LogP contribution in [0, 0.1) is 11.3 Å². The lowest BCUT2D eigenvalue weighted by atomic mass is 10.1. The number of halogens is 1. The third-order valence-electron chi connectivity index (χ3n) is 2.74. The molecular formula is C15H11ClN2O2. The molecule has 0 heterocycles. The Bertz CT molecular complexity index is 665. The summed E-state index contributed by atoms with van der Waals surface area (Å²) in [5, 5.41) is 21.7. The van der Waals surface area contributed by atoms with Crippen LogP contribution in [0.15, 0.2) is 48.5 Å². The van der Waals surface area contributed by atoms with Crippen molar-refractivity contribution in [3.05, 3.63) is 64.7 Å². The predicted octanol–water partition coefficient (Wildman–Crippen LogP) is 3.04. The highest BCUT2D eigenvalue weighted by Gasteiger charge is 2.17. The quantitative estimate of drug-likeness (QED) is 0.911. The molecule has 2 aromatic carbocycles. The molecule has 0 aliphatic rings. The maximum absolute atomic E-state index is 12.1. The Morgan fingerprint density at radius 2 is 1.95 bits per heavy atom. The number of nitrogens with zero attached hydrogens (tertiary/aromatic N) is 1. The summed E-state index contributed by atoms with van der Waals surface area (Å²) in [5.74, 6) is -0.739. The van der Waals surface area contributed by atoms with Gasteiger partial charge in [0.1, 0.15) is 11.8 Å². The van der Waals surface area contributed by atoms with Crippen LogP contribution in [-0.4, -0.2) is 11.0 Å². The molecule has 2 rings (SSSR count). The summed E-state index contributed by atoms with van der Waals surface area (Å²) in [6.07, 6.45) is 0. The summed E-state index contributed by atoms with van der Waals surface area (Å²) in [6, 6.07) is 14.2. The number of rotatable bonds is 3. The molecule has 1 amide bonds. The first-order valence-electron chi connectivity index (χ1n) is 5.86. The van der Waals surface area contributed by atoms with Crippen molar-refractivity contribution >= 4 is 17.5 Å². The van der Waals surface area contributed by atoms with Crippen molar-refractivity contribution in [1.82, 2.24) is 5.32 Å². The van der Waals surface area contributed by atoms with Crippen LogP contribution in [0.25, 0.3) is 0 Å². The molecule has 0 aromatic heterocycles. The molecule has 0 saturated carbocycles. The minimum absolute atomic E-state index is 0.0358. The third kappa shape index (κ3) is 3.08. The van der Waals surface area contributed by atoms with Gasteiger partial charge in [-0.25, -0.2) is 0 Å². The van der Waals surface area contributed by atoms with E-state index >= 15 is 0 Å². The highest BCUT2D eigenvalue weighted by Crippen LogP contribution is 2.22. The van der Waals surface area contributed by atoms with Crippen LogP contribution in [0.1, 0.15) is 22.0 Å². The number of phenolic OH excluding ortho intramolecular Hbond substituents is 1. The van der Waals surface area contributed by atoms with Crippen LogP contribution in [-0.2, 0) is 0 Å². The summed E-state index contributed by atoms with van der Waals surface area (Å²) in [6.45, 7) is 0. The average molecular weight is 287 g/mol. The highest BCUT2D eigenvalue weighted by atomic mass is 35.5. The molecule has 1 atom stereocenters. The van der Waals surface area contributed by atoms with Crippen LogP contribution < -0.4 is 5.32 Å². The van der Waals surface area contributed by atoms with Crippen LogP contribution >= 0.6 is 11.6 Å². The smallest absolute Gasteiger partial charge is 0.256 e. The number of aromatic hydroxyl groups is 1. The van der Waals surface area contributed by atoms with Crippen molar-refractivity contribution < 1.29 is 9.90 Å². The second-order valence-corrected chi connectivity index (χ2v) is 4.54. The van der Waals surface area contributed by atoms with Crippen molar-refractivity contribution in [1.29, 1.82) is 5.26 Å². The molecular weight excluding hydrogens is 276 g/mol. The van der Waals surface area contributed by atoms with E-state index in [2.05, 4.69) is 5.32 Å². The third-order valence-corrected chi connectivity index (χ3v) is 2.98. The van der Waals surface area contributed by atoms with Gasteiger partial charge in [0.2, 0.25) is 0 Å². The van der Waals surface area contributed by atoms with Crippen LogP contribution in [0.2, 0.25) is 5.02 Å². The molecule has 100 valence electrons. The lowest BCUT2D eigenvalue weighted by Crippen LogP contribution is -2.27. The van der Waals surface area contributed by atoms with E-state index in [-0.39, 0.29) is 11.3 Å². The fourth-order valence-electron chi connectivity index (χ4n) is 1.73. The Hall–Kier alpha value is -2.51. The van der Waals surface area contributed by atoms with E-state index < -0.39 is 11.9 Å². The number of hydrogen-bond donors (Lipinski definition) is 2. The van der Waals surface area contributed by atoms with E-state index in [0.29, 0.717) is 10.6 Å². The maximum atomic E-state index is 12.1. The molecule has 0 saturated heterocycles. The fourth-order valence-corrected chi connectivity index (χ4v) is 1.91. The summed E-state index contributed by atoms with van der Waals surface area (Å²) in [4.78, 5) is 12.1. The Labute approximate surface area is 121 Å². The molecule has 4 nitrogen and oxygen atoms in total. The van der Waals surface area contributed by atoms with Crippen molar-refractivity contribution in [2.24, 2.45) is 0 Å². The number of carbonyl (C=O) groups excluding carboxylic acids is 1. The van der Waals surface area contributed by atoms with Gasteiger partial charge >= 0.3 is 0 Å². The predicted molar refractivity (Wildman–Crippen MR) is 75.4 cm³/mol. The average Bonchev–Trinajstić information content (AvgIpc) is 2.48. The number of nitriles is 1. The first-order chi connectivity index (χ1) is 9.61. The largest absolute Gasteiger partial charge is 0.507 e. The molecule has 0 spiro atoms. The SMILES string of the molecule is N#CC(NC(=O)c1cc(Cl)ccc1O)c1ccccc1. The molecule has 20 heavy (non-hydrogen) atoms. The molecule has 0 aliphatic heterocycles. The number of phenols is 1. The van der Waals surface area contributed by atoms with E-state index in [0.717, 1.165) is 0 Å². The van der Waals surface area contributed by atoms with Gasteiger partial charge in [-0.3, -0.25) is 4.79 Å². The topological polar surface area (TPSA) is 73.1 Å². The van der Waals surface area contributed by atoms with Crippen molar-refractivity contribution in [2.45, 2.75) is 6.04 Å². The molecule has 5 heteroatoms. The summed E-state index contributed by atoms with van der Waals surface area (Å²) >= 11 is 5.79. The Balaban J connectivity index is 2.22. The van der Waals surface area contributed by atoms with Crippen molar-refractivity contribution in [3.8, 4) is 11.8 Å². The molecule has 2 N–H and O–H groups in total. The van der Waals surface area contributed by atoms with E-state index in [1.54, 1.807) is 24.3 Å². The number of benzene rings is 2.